The first kappa shape index (κ1) is 15.5. The largest absolute Gasteiger partial charge is 0.481 e. The summed E-state index contributed by atoms with van der Waals surface area (Å²) in [7, 11) is 3.87. The molecule has 106 valence electrons. The zero-order valence-corrected chi connectivity index (χ0v) is 12.1. The van der Waals surface area contributed by atoms with Gasteiger partial charge in [0.25, 0.3) is 0 Å². The van der Waals surface area contributed by atoms with Crippen LogP contribution >= 0.6 is 0 Å². The number of aliphatic hydroxyl groups is 1. The number of hydrogen-bond donors (Lipinski definition) is 2. The van der Waals surface area contributed by atoms with Gasteiger partial charge in [-0.2, -0.15) is 0 Å². The SMILES string of the molecule is CCCC(C(=O)O)C(C)(O)c1ccc(N(C)C)cc1. The van der Waals surface area contributed by atoms with Gasteiger partial charge in [0.15, 0.2) is 0 Å². The fourth-order valence-electron chi connectivity index (χ4n) is 2.23. The molecule has 1 aromatic rings. The van der Waals surface area contributed by atoms with Crippen LogP contribution in [0.5, 0.6) is 0 Å². The van der Waals surface area contributed by atoms with E-state index in [-0.39, 0.29) is 0 Å². The number of anilines is 1. The molecule has 0 radical (unpaired) electrons. The molecule has 19 heavy (non-hydrogen) atoms. The summed E-state index contributed by atoms with van der Waals surface area (Å²) in [6, 6.07) is 7.35. The van der Waals surface area contributed by atoms with Crippen molar-refractivity contribution in [2.24, 2.45) is 5.92 Å². The van der Waals surface area contributed by atoms with Gasteiger partial charge in [-0.25, -0.2) is 0 Å². The third-order valence-electron chi connectivity index (χ3n) is 3.52. The van der Waals surface area contributed by atoms with Crippen molar-refractivity contribution in [3.8, 4) is 0 Å². The molecule has 0 amide bonds. The van der Waals surface area contributed by atoms with Gasteiger partial charge >= 0.3 is 5.97 Å². The summed E-state index contributed by atoms with van der Waals surface area (Å²) in [5.41, 5.74) is 0.299. The summed E-state index contributed by atoms with van der Waals surface area (Å²) in [4.78, 5) is 13.3. The van der Waals surface area contributed by atoms with Crippen LogP contribution in [0.4, 0.5) is 5.69 Å². The Morgan fingerprint density at radius 3 is 2.21 bits per heavy atom. The molecule has 0 saturated heterocycles. The molecule has 0 aromatic heterocycles. The van der Waals surface area contributed by atoms with Crippen molar-refractivity contribution in [2.75, 3.05) is 19.0 Å². The lowest BCUT2D eigenvalue weighted by molar-refractivity contribution is -0.152. The Labute approximate surface area is 114 Å². The average Bonchev–Trinajstić information content (AvgIpc) is 2.35. The summed E-state index contributed by atoms with van der Waals surface area (Å²) in [5, 5.41) is 19.9. The molecule has 0 aliphatic heterocycles. The molecule has 0 fully saturated rings. The van der Waals surface area contributed by atoms with E-state index in [2.05, 4.69) is 0 Å². The lowest BCUT2D eigenvalue weighted by Crippen LogP contribution is -2.37. The van der Waals surface area contributed by atoms with Gasteiger partial charge in [-0.05, 0) is 31.0 Å². The number of rotatable bonds is 6. The van der Waals surface area contributed by atoms with Crippen LogP contribution < -0.4 is 4.90 Å². The molecule has 0 aliphatic rings. The van der Waals surface area contributed by atoms with E-state index in [1.807, 2.05) is 38.1 Å². The molecule has 1 aromatic carbocycles. The molecule has 1 rings (SSSR count). The first-order chi connectivity index (χ1) is 8.80. The molecule has 0 saturated carbocycles. The molecule has 0 bridgehead atoms. The van der Waals surface area contributed by atoms with Crippen LogP contribution in [0.15, 0.2) is 24.3 Å². The fourth-order valence-corrected chi connectivity index (χ4v) is 2.23. The van der Waals surface area contributed by atoms with Gasteiger partial charge in [0.2, 0.25) is 0 Å². The highest BCUT2D eigenvalue weighted by atomic mass is 16.4. The monoisotopic (exact) mass is 265 g/mol. The predicted molar refractivity (Wildman–Crippen MR) is 76.4 cm³/mol. The summed E-state index contributed by atoms with van der Waals surface area (Å²) < 4.78 is 0. The predicted octanol–water partition coefficient (Wildman–Crippen LogP) is 2.46. The minimum Gasteiger partial charge on any atom is -0.481 e. The van der Waals surface area contributed by atoms with E-state index < -0.39 is 17.5 Å². The van der Waals surface area contributed by atoms with Crippen molar-refractivity contribution in [3.05, 3.63) is 29.8 Å². The Bertz CT molecular complexity index is 424. The Hall–Kier alpha value is -1.55. The Morgan fingerprint density at radius 2 is 1.84 bits per heavy atom. The molecule has 2 N–H and O–H groups in total. The molecule has 2 atom stereocenters. The van der Waals surface area contributed by atoms with Gasteiger partial charge < -0.3 is 15.1 Å². The van der Waals surface area contributed by atoms with Crippen LogP contribution in [0.2, 0.25) is 0 Å². The van der Waals surface area contributed by atoms with E-state index in [1.54, 1.807) is 19.1 Å². The van der Waals surface area contributed by atoms with Gasteiger partial charge in [-0.3, -0.25) is 4.79 Å². The topological polar surface area (TPSA) is 60.8 Å². The van der Waals surface area contributed by atoms with E-state index in [4.69, 9.17) is 0 Å². The summed E-state index contributed by atoms with van der Waals surface area (Å²) in [6.45, 7) is 3.49. The fraction of sp³-hybridized carbons (Fsp3) is 0.533. The zero-order valence-electron chi connectivity index (χ0n) is 12.1. The first-order valence-corrected chi connectivity index (χ1v) is 6.53. The standard InChI is InChI=1S/C15H23NO3/c1-5-6-13(14(17)18)15(2,19)11-7-9-12(10-8-11)16(3)4/h7-10,13,19H,5-6H2,1-4H3,(H,17,18). The van der Waals surface area contributed by atoms with Gasteiger partial charge in [0, 0.05) is 19.8 Å². The highest BCUT2D eigenvalue weighted by molar-refractivity contribution is 5.72. The van der Waals surface area contributed by atoms with Crippen molar-refractivity contribution < 1.29 is 15.0 Å². The molecular formula is C15H23NO3. The number of benzene rings is 1. The lowest BCUT2D eigenvalue weighted by atomic mass is 9.80. The maximum Gasteiger partial charge on any atom is 0.309 e. The lowest BCUT2D eigenvalue weighted by Gasteiger charge is -2.30. The van der Waals surface area contributed by atoms with Crippen LogP contribution in [0.3, 0.4) is 0 Å². The van der Waals surface area contributed by atoms with Crippen LogP contribution in [0.1, 0.15) is 32.3 Å². The summed E-state index contributed by atoms with van der Waals surface area (Å²) >= 11 is 0. The van der Waals surface area contributed by atoms with Gasteiger partial charge in [0.1, 0.15) is 5.60 Å². The van der Waals surface area contributed by atoms with Crippen molar-refractivity contribution >= 4 is 11.7 Å². The second-order valence-electron chi connectivity index (χ2n) is 5.27. The van der Waals surface area contributed by atoms with Crippen molar-refractivity contribution in [3.63, 3.8) is 0 Å². The Morgan fingerprint density at radius 1 is 1.32 bits per heavy atom. The van der Waals surface area contributed by atoms with Crippen molar-refractivity contribution in [1.29, 1.82) is 0 Å². The quantitative estimate of drug-likeness (QED) is 0.829. The zero-order chi connectivity index (χ0) is 14.6. The van der Waals surface area contributed by atoms with Gasteiger partial charge in [0.05, 0.1) is 5.92 Å². The van der Waals surface area contributed by atoms with Crippen molar-refractivity contribution in [2.45, 2.75) is 32.3 Å². The van der Waals surface area contributed by atoms with E-state index in [0.717, 1.165) is 12.1 Å². The normalized spacial score (nSPS) is 15.6. The van der Waals surface area contributed by atoms with Crippen LogP contribution in [0.25, 0.3) is 0 Å². The molecule has 0 heterocycles. The third kappa shape index (κ3) is 3.47. The van der Waals surface area contributed by atoms with Crippen LogP contribution in [0, 0.1) is 5.92 Å². The van der Waals surface area contributed by atoms with E-state index in [9.17, 15) is 15.0 Å². The van der Waals surface area contributed by atoms with Crippen LogP contribution in [-0.4, -0.2) is 30.3 Å². The van der Waals surface area contributed by atoms with E-state index in [1.165, 1.54) is 0 Å². The first-order valence-electron chi connectivity index (χ1n) is 6.53. The van der Waals surface area contributed by atoms with Crippen molar-refractivity contribution in [1.82, 2.24) is 0 Å². The number of aliphatic carboxylic acids is 1. The third-order valence-corrected chi connectivity index (χ3v) is 3.52. The molecule has 4 nitrogen and oxygen atoms in total. The highest BCUT2D eigenvalue weighted by Gasteiger charge is 2.38. The number of carboxylic acid groups (broad SMARTS) is 1. The minimum absolute atomic E-state index is 0.456. The molecule has 0 spiro atoms. The van der Waals surface area contributed by atoms with Crippen LogP contribution in [-0.2, 0) is 10.4 Å². The second kappa shape index (κ2) is 6.06. The number of carbonyl (C=O) groups is 1. The van der Waals surface area contributed by atoms with E-state index >= 15 is 0 Å². The molecular weight excluding hydrogens is 242 g/mol. The minimum atomic E-state index is -1.35. The van der Waals surface area contributed by atoms with Gasteiger partial charge in [-0.1, -0.05) is 25.5 Å². The van der Waals surface area contributed by atoms with Gasteiger partial charge in [-0.15, -0.1) is 0 Å². The second-order valence-corrected chi connectivity index (χ2v) is 5.27. The molecule has 0 aliphatic carbocycles. The van der Waals surface area contributed by atoms with E-state index in [0.29, 0.717) is 12.0 Å². The number of nitrogens with zero attached hydrogens (tertiary/aromatic N) is 1. The molecule has 4 heteroatoms. The summed E-state index contributed by atoms with van der Waals surface area (Å²) in [6.07, 6.45) is 1.18. The smallest absolute Gasteiger partial charge is 0.309 e. The highest BCUT2D eigenvalue weighted by Crippen LogP contribution is 2.33. The Balaban J connectivity index is 3.06. The maximum atomic E-state index is 11.3. The average molecular weight is 265 g/mol. The summed E-state index contributed by atoms with van der Waals surface area (Å²) in [5.74, 6) is -1.74. The number of carboxylic acids is 1. The molecule has 2 unspecified atom stereocenters. The Kier molecular flexibility index (Phi) is 4.95. The maximum absolute atomic E-state index is 11.3. The number of hydrogen-bond acceptors (Lipinski definition) is 3.